The Morgan fingerprint density at radius 3 is 2.31 bits per heavy atom. The van der Waals surface area contributed by atoms with E-state index < -0.39 is 0 Å². The molecule has 8 heteroatoms. The largest absolute Gasteiger partial charge is 0.332 e. The van der Waals surface area contributed by atoms with Crippen LogP contribution in [0, 0.1) is 6.92 Å². The van der Waals surface area contributed by atoms with E-state index in [1.165, 1.54) is 6.92 Å². The molecular weight excluding hydrogens is 411 g/mol. The van der Waals surface area contributed by atoms with Gasteiger partial charge in [0.05, 0.1) is 17.1 Å². The molecule has 1 saturated heterocycles. The minimum atomic E-state index is -0.370. The van der Waals surface area contributed by atoms with Gasteiger partial charge in [0.1, 0.15) is 5.82 Å². The third-order valence-corrected chi connectivity index (χ3v) is 5.52. The summed E-state index contributed by atoms with van der Waals surface area (Å²) in [7, 11) is 0. The summed E-state index contributed by atoms with van der Waals surface area (Å²) in [5, 5.41) is 0.481. The molecule has 1 fully saturated rings. The van der Waals surface area contributed by atoms with E-state index in [1.807, 2.05) is 32.0 Å². The van der Waals surface area contributed by atoms with Gasteiger partial charge in [-0.2, -0.15) is 0 Å². The summed E-state index contributed by atoms with van der Waals surface area (Å²) in [6, 6.07) is 4.93. The first-order chi connectivity index (χ1) is 13.7. The monoisotopic (exact) mass is 432 g/mol. The van der Waals surface area contributed by atoms with Crippen molar-refractivity contribution < 1.29 is 9.59 Å². The molecule has 0 N–H and O–H groups in total. The van der Waals surface area contributed by atoms with Crippen molar-refractivity contribution >= 4 is 35.0 Å². The minimum Gasteiger partial charge on any atom is -0.332 e. The molecule has 152 valence electrons. The van der Waals surface area contributed by atoms with E-state index in [1.54, 1.807) is 22.2 Å². The Hall–Kier alpha value is -2.44. The van der Waals surface area contributed by atoms with E-state index in [0.29, 0.717) is 23.9 Å². The molecule has 3 rings (SSSR count). The lowest BCUT2D eigenvalue weighted by molar-refractivity contribution is -0.143. The number of aryl methyl sites for hydroxylation is 1. The topological polar surface area (TPSA) is 66.4 Å². The molecule has 2 atom stereocenters. The summed E-state index contributed by atoms with van der Waals surface area (Å²) in [6.07, 6.45) is 3.47. The van der Waals surface area contributed by atoms with Crippen molar-refractivity contribution in [3.05, 3.63) is 58.6 Å². The molecule has 1 aliphatic heterocycles. The van der Waals surface area contributed by atoms with Crippen LogP contribution in [0.25, 0.3) is 11.1 Å². The molecule has 2 heterocycles. The van der Waals surface area contributed by atoms with Crippen molar-refractivity contribution in [2.75, 3.05) is 13.1 Å². The van der Waals surface area contributed by atoms with Gasteiger partial charge >= 0.3 is 0 Å². The molecule has 0 radical (unpaired) electrons. The Kier molecular flexibility index (Phi) is 6.24. The van der Waals surface area contributed by atoms with E-state index >= 15 is 0 Å². The Labute approximate surface area is 180 Å². The van der Waals surface area contributed by atoms with Crippen molar-refractivity contribution in [3.63, 3.8) is 0 Å². The van der Waals surface area contributed by atoms with Gasteiger partial charge in [-0.15, -0.1) is 0 Å². The lowest BCUT2D eigenvalue weighted by Gasteiger charge is -2.46. The van der Waals surface area contributed by atoms with Crippen LogP contribution >= 0.6 is 23.2 Å². The van der Waals surface area contributed by atoms with Crippen LogP contribution in [0.1, 0.15) is 31.3 Å². The summed E-state index contributed by atoms with van der Waals surface area (Å²) < 4.78 is 0. The highest BCUT2D eigenvalue weighted by atomic mass is 35.5. The second kappa shape index (κ2) is 8.51. The summed E-state index contributed by atoms with van der Waals surface area (Å²) in [5.41, 5.74) is 2.49. The van der Waals surface area contributed by atoms with Gasteiger partial charge in [-0.1, -0.05) is 29.8 Å². The van der Waals surface area contributed by atoms with Crippen LogP contribution in [0.2, 0.25) is 5.02 Å². The minimum absolute atomic E-state index is 0.0459. The van der Waals surface area contributed by atoms with Crippen molar-refractivity contribution in [1.29, 1.82) is 0 Å². The fourth-order valence-electron chi connectivity index (χ4n) is 3.73. The average molecular weight is 433 g/mol. The first-order valence-corrected chi connectivity index (χ1v) is 9.96. The Morgan fingerprint density at radius 2 is 1.72 bits per heavy atom. The summed E-state index contributed by atoms with van der Waals surface area (Å²) in [5.74, 6) is 0.274. The predicted octanol–water partition coefficient (Wildman–Crippen LogP) is 3.98. The van der Waals surface area contributed by atoms with Gasteiger partial charge in [0.15, 0.2) is 0 Å². The number of hydrogen-bond donors (Lipinski definition) is 0. The van der Waals surface area contributed by atoms with E-state index in [0.717, 1.165) is 16.7 Å². The molecule has 6 nitrogen and oxygen atoms in total. The predicted molar refractivity (Wildman–Crippen MR) is 114 cm³/mol. The summed E-state index contributed by atoms with van der Waals surface area (Å²) in [6.45, 7) is 9.58. The molecule has 0 aliphatic carbocycles. The van der Waals surface area contributed by atoms with Crippen LogP contribution < -0.4 is 0 Å². The molecule has 2 aromatic rings. The highest BCUT2D eigenvalue weighted by molar-refractivity contribution is 6.41. The van der Waals surface area contributed by atoms with Crippen LogP contribution in [0.4, 0.5) is 0 Å². The zero-order chi connectivity index (χ0) is 21.3. The molecule has 0 saturated carbocycles. The SMILES string of the molecule is C=C(Cl)C(=O)N1CCN(C(C)=O)[C@@H](c2cc(Cl)cc(-c3cnc(C)nc3)c2)[C@@H]1C. The molecule has 29 heavy (non-hydrogen) atoms. The number of hydrogen-bond acceptors (Lipinski definition) is 4. The number of piperazine rings is 1. The Bertz CT molecular complexity index is 962. The number of amides is 2. The maximum absolute atomic E-state index is 12.5. The third kappa shape index (κ3) is 4.43. The number of aromatic nitrogens is 2. The van der Waals surface area contributed by atoms with E-state index in [2.05, 4.69) is 16.5 Å². The van der Waals surface area contributed by atoms with Crippen molar-refractivity contribution in [2.24, 2.45) is 0 Å². The fraction of sp³-hybridized carbons (Fsp3) is 0.333. The van der Waals surface area contributed by atoms with Gasteiger partial charge in [0.2, 0.25) is 5.91 Å². The smallest absolute Gasteiger partial charge is 0.265 e. The van der Waals surface area contributed by atoms with E-state index in [9.17, 15) is 9.59 Å². The van der Waals surface area contributed by atoms with Crippen LogP contribution in [0.3, 0.4) is 0 Å². The Morgan fingerprint density at radius 1 is 1.10 bits per heavy atom. The van der Waals surface area contributed by atoms with Crippen LogP contribution in [-0.4, -0.2) is 50.7 Å². The maximum atomic E-state index is 12.5. The average Bonchev–Trinajstić information content (AvgIpc) is 2.67. The molecule has 1 aromatic carbocycles. The normalized spacial score (nSPS) is 19.2. The second-order valence-electron chi connectivity index (χ2n) is 7.09. The molecule has 2 amide bonds. The fourth-order valence-corrected chi connectivity index (χ4v) is 4.09. The molecule has 0 bridgehead atoms. The summed E-state index contributed by atoms with van der Waals surface area (Å²) >= 11 is 12.3. The van der Waals surface area contributed by atoms with Crippen LogP contribution in [0.5, 0.6) is 0 Å². The highest BCUT2D eigenvalue weighted by Crippen LogP contribution is 2.36. The number of rotatable bonds is 3. The van der Waals surface area contributed by atoms with Gasteiger partial charge in [-0.05, 0) is 43.2 Å². The van der Waals surface area contributed by atoms with Crippen LogP contribution in [-0.2, 0) is 9.59 Å². The number of carbonyl (C=O) groups excluding carboxylic acids is 2. The van der Waals surface area contributed by atoms with E-state index in [4.69, 9.17) is 23.2 Å². The zero-order valence-corrected chi connectivity index (χ0v) is 18.0. The van der Waals surface area contributed by atoms with Gasteiger partial charge < -0.3 is 9.80 Å². The first-order valence-electron chi connectivity index (χ1n) is 9.21. The van der Waals surface area contributed by atoms with Crippen molar-refractivity contribution in [1.82, 2.24) is 19.8 Å². The van der Waals surface area contributed by atoms with E-state index in [-0.39, 0.29) is 28.9 Å². The number of benzene rings is 1. The lowest BCUT2D eigenvalue weighted by Crippen LogP contribution is -2.56. The zero-order valence-electron chi connectivity index (χ0n) is 16.5. The quantitative estimate of drug-likeness (QED) is 0.687. The van der Waals surface area contributed by atoms with Gasteiger partial charge in [0, 0.05) is 43.0 Å². The highest BCUT2D eigenvalue weighted by Gasteiger charge is 2.38. The number of nitrogens with zero attached hydrogens (tertiary/aromatic N) is 4. The van der Waals surface area contributed by atoms with Gasteiger partial charge in [-0.25, -0.2) is 9.97 Å². The van der Waals surface area contributed by atoms with Gasteiger partial charge in [0.25, 0.3) is 5.91 Å². The van der Waals surface area contributed by atoms with Crippen molar-refractivity contribution in [2.45, 2.75) is 32.9 Å². The van der Waals surface area contributed by atoms with Crippen LogP contribution in [0.15, 0.2) is 42.2 Å². The number of halogens is 2. The third-order valence-electron chi connectivity index (χ3n) is 5.14. The Balaban J connectivity index is 2.06. The summed E-state index contributed by atoms with van der Waals surface area (Å²) in [4.78, 5) is 36.7. The molecular formula is C21H22Cl2N4O2. The van der Waals surface area contributed by atoms with Gasteiger partial charge in [-0.3, -0.25) is 9.59 Å². The maximum Gasteiger partial charge on any atom is 0.265 e. The first kappa shape index (κ1) is 21.3. The standard InChI is InChI=1S/C21H22Cl2N4O2/c1-12(22)21(29)26-5-6-27(15(4)28)20(13(26)2)17-7-16(8-19(23)9-17)18-10-24-14(3)25-11-18/h7-11,13,20H,1,5-6H2,2-4H3/t13-,20+/m0/s1. The molecule has 0 spiro atoms. The second-order valence-corrected chi connectivity index (χ2v) is 7.99. The molecule has 0 unspecified atom stereocenters. The lowest BCUT2D eigenvalue weighted by atomic mass is 9.92. The van der Waals surface area contributed by atoms with Crippen molar-refractivity contribution in [3.8, 4) is 11.1 Å². The molecule has 1 aromatic heterocycles. The number of carbonyl (C=O) groups is 2. The molecule has 1 aliphatic rings.